The van der Waals surface area contributed by atoms with Crippen LogP contribution in [0.25, 0.3) is 78.4 Å². The summed E-state index contributed by atoms with van der Waals surface area (Å²) in [5, 5.41) is 2.23. The lowest BCUT2D eigenvalue weighted by molar-refractivity contribution is 0.670. The first-order valence-electron chi connectivity index (χ1n) is 19.2. The Morgan fingerprint density at radius 1 is 0.368 bits per heavy atom. The normalized spacial score (nSPS) is 13.3. The summed E-state index contributed by atoms with van der Waals surface area (Å²) in [6.07, 6.45) is 0. The van der Waals surface area contributed by atoms with Gasteiger partial charge in [0.1, 0.15) is 11.2 Å². The molecule has 0 saturated carbocycles. The predicted molar refractivity (Wildman–Crippen MR) is 230 cm³/mol. The Kier molecular flexibility index (Phi) is 7.04. The van der Waals surface area contributed by atoms with Gasteiger partial charge in [-0.1, -0.05) is 182 Å². The number of hydrogen-bond acceptors (Lipinski definition) is 5. The van der Waals surface area contributed by atoms with Gasteiger partial charge in [-0.2, -0.15) is 0 Å². The maximum atomic E-state index is 6.40. The standard InChI is InChI=1S/C52H31N3OS/c1-2-14-33(15-3-1)49-53-50(34-30-28-32(29-31-34)35-19-12-20-39-38-18-6-10-25-44(38)56-48(35)39)55-51(54-49)40-21-13-27-46-47(40)52(43-24-9-11-26-45(43)57-46)41-22-7-4-16-36(41)37-17-5-8-23-42(37)52/h1-31H. The number of fused-ring (bicyclic) bond motifs is 12. The summed E-state index contributed by atoms with van der Waals surface area (Å²) in [7, 11) is 0. The maximum absolute atomic E-state index is 6.40. The van der Waals surface area contributed by atoms with Crippen molar-refractivity contribution in [3.05, 3.63) is 210 Å². The summed E-state index contributed by atoms with van der Waals surface area (Å²) < 4.78 is 6.40. The third-order valence-electron chi connectivity index (χ3n) is 11.6. The van der Waals surface area contributed by atoms with Gasteiger partial charge in [0.15, 0.2) is 17.5 Å². The molecule has 0 unspecified atom stereocenters. The molecule has 1 spiro atoms. The number of nitrogens with zero attached hydrogens (tertiary/aromatic N) is 3. The van der Waals surface area contributed by atoms with Crippen molar-refractivity contribution in [3.63, 3.8) is 0 Å². The number of aromatic nitrogens is 3. The zero-order valence-corrected chi connectivity index (χ0v) is 31.4. The molecule has 57 heavy (non-hydrogen) atoms. The minimum Gasteiger partial charge on any atom is -0.455 e. The van der Waals surface area contributed by atoms with Crippen molar-refractivity contribution in [1.82, 2.24) is 15.0 Å². The van der Waals surface area contributed by atoms with E-state index in [-0.39, 0.29) is 0 Å². The average Bonchev–Trinajstić information content (AvgIpc) is 3.81. The van der Waals surface area contributed by atoms with Crippen LogP contribution in [0.5, 0.6) is 0 Å². The fourth-order valence-corrected chi connectivity index (χ4v) is 10.4. The highest BCUT2D eigenvalue weighted by atomic mass is 32.2. The number of para-hydroxylation sites is 2. The van der Waals surface area contributed by atoms with E-state index in [4.69, 9.17) is 19.4 Å². The molecule has 0 amide bonds. The average molecular weight is 746 g/mol. The van der Waals surface area contributed by atoms with Crippen LogP contribution in [-0.4, -0.2) is 15.0 Å². The van der Waals surface area contributed by atoms with Crippen molar-refractivity contribution in [1.29, 1.82) is 0 Å². The van der Waals surface area contributed by atoms with Gasteiger partial charge in [0.2, 0.25) is 0 Å². The second-order valence-corrected chi connectivity index (χ2v) is 15.7. The molecular weight excluding hydrogens is 715 g/mol. The monoisotopic (exact) mass is 745 g/mol. The molecular formula is C52H31N3OS. The minimum absolute atomic E-state index is 0.569. The maximum Gasteiger partial charge on any atom is 0.164 e. The number of furan rings is 1. The van der Waals surface area contributed by atoms with Crippen molar-refractivity contribution >= 4 is 33.7 Å². The van der Waals surface area contributed by atoms with Crippen molar-refractivity contribution in [2.24, 2.45) is 0 Å². The second-order valence-electron chi connectivity index (χ2n) is 14.6. The molecule has 5 heteroatoms. The molecule has 2 aliphatic rings. The molecule has 0 bridgehead atoms. The van der Waals surface area contributed by atoms with Crippen LogP contribution in [0, 0.1) is 0 Å². The SMILES string of the molecule is c1ccc(-c2nc(-c3ccc(-c4cccc5c4oc4ccccc45)cc3)nc(-c3cccc4c3C3(c5ccccc5S4)c4ccccc4-c4ccccc43)n2)cc1. The Bertz CT molecular complexity index is 3180. The lowest BCUT2D eigenvalue weighted by Gasteiger charge is -2.40. The zero-order chi connectivity index (χ0) is 37.5. The first-order chi connectivity index (χ1) is 28.3. The zero-order valence-electron chi connectivity index (χ0n) is 30.6. The van der Waals surface area contributed by atoms with E-state index in [2.05, 4.69) is 158 Å². The topological polar surface area (TPSA) is 51.8 Å². The van der Waals surface area contributed by atoms with E-state index in [0.29, 0.717) is 17.5 Å². The Morgan fingerprint density at radius 3 is 1.67 bits per heavy atom. The van der Waals surface area contributed by atoms with Crippen molar-refractivity contribution in [2.45, 2.75) is 15.2 Å². The quantitative estimate of drug-likeness (QED) is 0.180. The molecule has 0 fully saturated rings. The highest BCUT2D eigenvalue weighted by Crippen LogP contribution is 2.63. The molecule has 4 nitrogen and oxygen atoms in total. The van der Waals surface area contributed by atoms with Gasteiger partial charge in [-0.25, -0.2) is 15.0 Å². The van der Waals surface area contributed by atoms with Gasteiger partial charge in [0, 0.05) is 42.8 Å². The largest absolute Gasteiger partial charge is 0.455 e. The van der Waals surface area contributed by atoms with Gasteiger partial charge >= 0.3 is 0 Å². The van der Waals surface area contributed by atoms with Crippen LogP contribution < -0.4 is 0 Å². The Balaban J connectivity index is 1.07. The van der Waals surface area contributed by atoms with Crippen LogP contribution in [0.4, 0.5) is 0 Å². The highest BCUT2D eigenvalue weighted by Gasteiger charge is 2.51. The van der Waals surface area contributed by atoms with E-state index in [0.717, 1.165) is 49.8 Å². The number of rotatable bonds is 4. The van der Waals surface area contributed by atoms with Crippen LogP contribution in [0.1, 0.15) is 22.3 Å². The number of benzene rings is 8. The Hall–Kier alpha value is -7.08. The van der Waals surface area contributed by atoms with Crippen molar-refractivity contribution in [3.8, 4) is 56.4 Å². The van der Waals surface area contributed by atoms with Gasteiger partial charge in [-0.15, -0.1) is 0 Å². The van der Waals surface area contributed by atoms with E-state index < -0.39 is 5.41 Å². The molecule has 10 aromatic rings. The second kappa shape index (κ2) is 12.5. The summed E-state index contributed by atoms with van der Waals surface area (Å²) in [4.78, 5) is 18.3. The molecule has 0 saturated heterocycles. The molecule has 266 valence electrons. The minimum atomic E-state index is -0.569. The molecule has 3 heterocycles. The first-order valence-corrected chi connectivity index (χ1v) is 20.0. The van der Waals surface area contributed by atoms with Gasteiger partial charge in [0.25, 0.3) is 0 Å². The van der Waals surface area contributed by atoms with E-state index in [1.807, 2.05) is 42.1 Å². The fraction of sp³-hybridized carbons (Fsp3) is 0.0192. The van der Waals surface area contributed by atoms with Crippen LogP contribution in [0.15, 0.2) is 202 Å². The molecule has 1 aliphatic heterocycles. The third-order valence-corrected chi connectivity index (χ3v) is 12.8. The summed E-state index contributed by atoms with van der Waals surface area (Å²) in [6.45, 7) is 0. The Labute approximate surface area is 333 Å². The van der Waals surface area contributed by atoms with Gasteiger partial charge in [-0.05, 0) is 57.1 Å². The predicted octanol–water partition coefficient (Wildman–Crippen LogP) is 13.3. The highest BCUT2D eigenvalue weighted by molar-refractivity contribution is 7.99. The van der Waals surface area contributed by atoms with Crippen LogP contribution >= 0.6 is 11.8 Å². The fourth-order valence-electron chi connectivity index (χ4n) is 9.22. The summed E-state index contributed by atoms with van der Waals surface area (Å²) in [5.74, 6) is 1.90. The van der Waals surface area contributed by atoms with Crippen LogP contribution in [0.3, 0.4) is 0 Å². The van der Waals surface area contributed by atoms with Gasteiger partial charge in [0.05, 0.1) is 5.41 Å². The van der Waals surface area contributed by atoms with Gasteiger partial charge in [-0.3, -0.25) is 0 Å². The van der Waals surface area contributed by atoms with Crippen molar-refractivity contribution in [2.75, 3.05) is 0 Å². The molecule has 0 atom stereocenters. The summed E-state index contributed by atoms with van der Waals surface area (Å²) >= 11 is 1.83. The van der Waals surface area contributed by atoms with Crippen LogP contribution in [0.2, 0.25) is 0 Å². The smallest absolute Gasteiger partial charge is 0.164 e. The van der Waals surface area contributed by atoms with E-state index in [1.165, 1.54) is 43.2 Å². The lowest BCUT2D eigenvalue weighted by atomic mass is 9.66. The van der Waals surface area contributed by atoms with E-state index in [1.54, 1.807) is 0 Å². The van der Waals surface area contributed by atoms with Crippen LogP contribution in [-0.2, 0) is 5.41 Å². The summed E-state index contributed by atoms with van der Waals surface area (Å²) in [6, 6.07) is 66.6. The Morgan fingerprint density at radius 2 is 0.895 bits per heavy atom. The van der Waals surface area contributed by atoms with Crippen molar-refractivity contribution < 1.29 is 4.42 Å². The molecule has 12 rings (SSSR count). The molecule has 1 aliphatic carbocycles. The third kappa shape index (κ3) is 4.73. The first kappa shape index (κ1) is 32.2. The summed E-state index contributed by atoms with van der Waals surface area (Å²) in [5.41, 5.74) is 13.7. The lowest BCUT2D eigenvalue weighted by Crippen LogP contribution is -2.32. The van der Waals surface area contributed by atoms with E-state index in [9.17, 15) is 0 Å². The van der Waals surface area contributed by atoms with Gasteiger partial charge < -0.3 is 4.42 Å². The molecule has 2 aromatic heterocycles. The number of hydrogen-bond donors (Lipinski definition) is 0. The molecule has 8 aromatic carbocycles. The molecule has 0 radical (unpaired) electrons. The van der Waals surface area contributed by atoms with E-state index >= 15 is 0 Å². The molecule has 0 N–H and O–H groups in total.